The number of amides is 1. The Morgan fingerprint density at radius 2 is 1.91 bits per heavy atom. The number of aryl methyl sites for hydroxylation is 1. The predicted octanol–water partition coefficient (Wildman–Crippen LogP) is 2.72. The molecule has 1 saturated heterocycles. The van der Waals surface area contributed by atoms with E-state index in [1.54, 1.807) is 19.1 Å². The van der Waals surface area contributed by atoms with Gasteiger partial charge in [0.2, 0.25) is 17.6 Å². The van der Waals surface area contributed by atoms with Crippen molar-refractivity contribution in [2.45, 2.75) is 26.3 Å². The number of benzene rings is 1. The van der Waals surface area contributed by atoms with E-state index in [1.807, 2.05) is 17.0 Å². The molecule has 3 aromatic rings. The van der Waals surface area contributed by atoms with Gasteiger partial charge in [0, 0.05) is 54.4 Å². The highest BCUT2D eigenvalue weighted by atomic mass is 35.5. The molecule has 1 aromatic carbocycles. The van der Waals surface area contributed by atoms with Crippen LogP contribution in [-0.2, 0) is 17.8 Å². The zero-order valence-corrected chi connectivity index (χ0v) is 19.1. The fourth-order valence-electron chi connectivity index (χ4n) is 3.70. The summed E-state index contributed by atoms with van der Waals surface area (Å²) in [6.07, 6.45) is 0.657. The van der Waals surface area contributed by atoms with Crippen LogP contribution in [0.2, 0.25) is 5.02 Å². The second-order valence-corrected chi connectivity index (χ2v) is 8.53. The first-order valence-electron chi connectivity index (χ1n) is 10.3. The van der Waals surface area contributed by atoms with Gasteiger partial charge in [0.25, 0.3) is 5.56 Å². The molecule has 168 valence electrons. The summed E-state index contributed by atoms with van der Waals surface area (Å²) in [5, 5.41) is 4.69. The van der Waals surface area contributed by atoms with E-state index in [9.17, 15) is 9.59 Å². The summed E-state index contributed by atoms with van der Waals surface area (Å²) in [4.78, 5) is 38.7. The number of rotatable bonds is 6. The lowest BCUT2D eigenvalue weighted by molar-refractivity contribution is -0.133. The highest BCUT2D eigenvalue weighted by molar-refractivity contribution is 7.71. The maximum atomic E-state index is 12.6. The third-order valence-corrected chi connectivity index (χ3v) is 5.95. The summed E-state index contributed by atoms with van der Waals surface area (Å²) < 4.78 is 5.68. The van der Waals surface area contributed by atoms with Gasteiger partial charge in [0.15, 0.2) is 4.77 Å². The first-order valence-corrected chi connectivity index (χ1v) is 11.1. The van der Waals surface area contributed by atoms with Crippen LogP contribution in [-0.4, -0.2) is 62.0 Å². The van der Waals surface area contributed by atoms with Gasteiger partial charge >= 0.3 is 0 Å². The Morgan fingerprint density at radius 1 is 1.19 bits per heavy atom. The molecule has 2 aromatic heterocycles. The van der Waals surface area contributed by atoms with Gasteiger partial charge in [-0.1, -0.05) is 16.8 Å². The fraction of sp³-hybridized carbons (Fsp3) is 0.381. The Balaban J connectivity index is 1.27. The van der Waals surface area contributed by atoms with Crippen molar-refractivity contribution in [2.75, 3.05) is 26.2 Å². The molecular formula is C21H23ClN6O3S. The number of nitrogens with one attached hydrogen (secondary N) is 2. The summed E-state index contributed by atoms with van der Waals surface area (Å²) in [6.45, 7) is 4.97. The molecule has 4 rings (SSSR count). The van der Waals surface area contributed by atoms with Gasteiger partial charge in [-0.15, -0.1) is 0 Å². The van der Waals surface area contributed by atoms with Crippen LogP contribution < -0.4 is 5.56 Å². The third kappa shape index (κ3) is 5.32. The van der Waals surface area contributed by atoms with Gasteiger partial charge in [-0.2, -0.15) is 4.98 Å². The molecule has 1 amide bonds. The van der Waals surface area contributed by atoms with Gasteiger partial charge in [0.1, 0.15) is 0 Å². The summed E-state index contributed by atoms with van der Waals surface area (Å²) in [5.74, 6) is 1.09. The van der Waals surface area contributed by atoms with Crippen LogP contribution in [0, 0.1) is 11.7 Å². The maximum absolute atomic E-state index is 12.6. The zero-order chi connectivity index (χ0) is 22.7. The standard InChI is InChI=1S/C21H23ClN6O3S/c1-13-16(20(30)25-21(32)23-13)6-7-18(29)28-10-8-27(9-11-28)12-17-24-19(26-31-17)14-2-4-15(22)5-3-14/h2-5H,6-12H2,1H3,(H2,23,25,30,32). The number of carbonyl (C=O) groups is 1. The molecule has 11 heteroatoms. The molecule has 0 saturated carbocycles. The van der Waals surface area contributed by atoms with Crippen molar-refractivity contribution in [3.05, 3.63) is 61.6 Å². The molecule has 0 radical (unpaired) electrons. The number of nitrogens with zero attached hydrogens (tertiary/aromatic N) is 4. The fourth-order valence-corrected chi connectivity index (χ4v) is 4.07. The normalized spacial score (nSPS) is 14.6. The van der Waals surface area contributed by atoms with E-state index in [0.717, 1.165) is 5.56 Å². The second-order valence-electron chi connectivity index (χ2n) is 7.69. The van der Waals surface area contributed by atoms with Crippen molar-refractivity contribution < 1.29 is 9.32 Å². The van der Waals surface area contributed by atoms with Gasteiger partial charge in [0.05, 0.1) is 6.54 Å². The Bertz CT molecular complexity index is 1210. The number of H-pyrrole nitrogens is 2. The van der Waals surface area contributed by atoms with Gasteiger partial charge in [-0.3, -0.25) is 19.5 Å². The molecule has 9 nitrogen and oxygen atoms in total. The number of carbonyl (C=O) groups excluding carboxylic acids is 1. The lowest BCUT2D eigenvalue weighted by Gasteiger charge is -2.34. The van der Waals surface area contributed by atoms with Crippen LogP contribution >= 0.6 is 23.8 Å². The van der Waals surface area contributed by atoms with Crippen molar-refractivity contribution in [3.63, 3.8) is 0 Å². The number of hydrogen-bond donors (Lipinski definition) is 2. The molecule has 2 N–H and O–H groups in total. The van der Waals surface area contributed by atoms with Crippen molar-refractivity contribution in [2.24, 2.45) is 0 Å². The lowest BCUT2D eigenvalue weighted by atomic mass is 10.1. The smallest absolute Gasteiger partial charge is 0.255 e. The van der Waals surface area contributed by atoms with Crippen LogP contribution in [0.15, 0.2) is 33.6 Å². The van der Waals surface area contributed by atoms with Crippen LogP contribution in [0.4, 0.5) is 0 Å². The average molecular weight is 475 g/mol. The number of aromatic amines is 2. The van der Waals surface area contributed by atoms with Crippen LogP contribution in [0.25, 0.3) is 11.4 Å². The molecule has 32 heavy (non-hydrogen) atoms. The quantitative estimate of drug-likeness (QED) is 0.528. The minimum atomic E-state index is -0.235. The van der Waals surface area contributed by atoms with E-state index in [2.05, 4.69) is 25.0 Å². The Labute approximate surface area is 194 Å². The zero-order valence-electron chi connectivity index (χ0n) is 17.6. The Morgan fingerprint density at radius 3 is 2.59 bits per heavy atom. The molecule has 0 atom stereocenters. The predicted molar refractivity (Wildman–Crippen MR) is 122 cm³/mol. The SMILES string of the molecule is Cc1[nH]c(=S)[nH]c(=O)c1CCC(=O)N1CCN(Cc2nc(-c3ccc(Cl)cc3)no2)CC1. The monoisotopic (exact) mass is 474 g/mol. The molecule has 0 aliphatic carbocycles. The number of hydrogen-bond acceptors (Lipinski definition) is 7. The second kappa shape index (κ2) is 9.76. The van der Waals surface area contributed by atoms with Gasteiger partial charge < -0.3 is 14.4 Å². The van der Waals surface area contributed by atoms with Crippen molar-refractivity contribution >= 4 is 29.7 Å². The van der Waals surface area contributed by atoms with E-state index in [1.165, 1.54) is 0 Å². The van der Waals surface area contributed by atoms with Crippen LogP contribution in [0.3, 0.4) is 0 Å². The van der Waals surface area contributed by atoms with Crippen molar-refractivity contribution in [3.8, 4) is 11.4 Å². The topological polar surface area (TPSA) is 111 Å². The summed E-state index contributed by atoms with van der Waals surface area (Å²) in [5.41, 5.74) is 1.88. The highest BCUT2D eigenvalue weighted by Crippen LogP contribution is 2.19. The van der Waals surface area contributed by atoms with Crippen molar-refractivity contribution in [1.82, 2.24) is 29.9 Å². The Hall–Kier alpha value is -2.82. The molecule has 3 heterocycles. The van der Waals surface area contributed by atoms with Crippen LogP contribution in [0.5, 0.6) is 0 Å². The van der Waals surface area contributed by atoms with E-state index in [-0.39, 0.29) is 17.9 Å². The van der Waals surface area contributed by atoms with E-state index >= 15 is 0 Å². The van der Waals surface area contributed by atoms with Crippen molar-refractivity contribution in [1.29, 1.82) is 0 Å². The average Bonchev–Trinajstić information content (AvgIpc) is 3.22. The molecule has 0 unspecified atom stereocenters. The molecule has 0 bridgehead atoms. The molecule has 1 fully saturated rings. The molecule has 0 spiro atoms. The highest BCUT2D eigenvalue weighted by Gasteiger charge is 2.23. The summed E-state index contributed by atoms with van der Waals surface area (Å²) in [6, 6.07) is 7.26. The maximum Gasteiger partial charge on any atom is 0.255 e. The third-order valence-electron chi connectivity index (χ3n) is 5.50. The minimum absolute atomic E-state index is 0.0358. The Kier molecular flexibility index (Phi) is 6.83. The first-order chi connectivity index (χ1) is 15.4. The first kappa shape index (κ1) is 22.4. The van der Waals surface area contributed by atoms with E-state index < -0.39 is 0 Å². The minimum Gasteiger partial charge on any atom is -0.340 e. The van der Waals surface area contributed by atoms with E-state index in [0.29, 0.717) is 71.9 Å². The number of aromatic nitrogens is 4. The molecular weight excluding hydrogens is 452 g/mol. The van der Waals surface area contributed by atoms with Gasteiger partial charge in [-0.05, 0) is 49.8 Å². The number of halogens is 1. The summed E-state index contributed by atoms with van der Waals surface area (Å²) in [7, 11) is 0. The summed E-state index contributed by atoms with van der Waals surface area (Å²) >= 11 is 10.9. The molecule has 1 aliphatic heterocycles. The lowest BCUT2D eigenvalue weighted by Crippen LogP contribution is -2.48. The largest absolute Gasteiger partial charge is 0.340 e. The molecule has 1 aliphatic rings. The number of piperazine rings is 1. The van der Waals surface area contributed by atoms with E-state index in [4.69, 9.17) is 28.3 Å². The van der Waals surface area contributed by atoms with Gasteiger partial charge in [-0.25, -0.2) is 0 Å². The van der Waals surface area contributed by atoms with Crippen LogP contribution in [0.1, 0.15) is 23.6 Å².